The first-order valence-electron chi connectivity index (χ1n) is 10.7. The lowest BCUT2D eigenvalue weighted by molar-refractivity contribution is -0.139. The van der Waals surface area contributed by atoms with Crippen molar-refractivity contribution in [3.63, 3.8) is 0 Å². The second-order valence-electron chi connectivity index (χ2n) is 7.48. The molecule has 0 radical (unpaired) electrons. The third-order valence-corrected chi connectivity index (χ3v) is 4.90. The Morgan fingerprint density at radius 2 is 1.68 bits per heavy atom. The van der Waals surface area contributed by atoms with Crippen molar-refractivity contribution in [3.05, 3.63) is 60.2 Å². The van der Waals surface area contributed by atoms with Crippen LogP contribution in [0.3, 0.4) is 0 Å². The van der Waals surface area contributed by atoms with Crippen LogP contribution in [0.5, 0.6) is 11.6 Å². The number of rotatable bonds is 6. The minimum Gasteiger partial charge on any atom is -0.490 e. The SMILES string of the molecule is CC(=O)O.FC(F)(F)c1ccc(N2CCNCC2)nc1OCCOc1ccc2ccccc2c1. The molecule has 2 N–H and O–H groups in total. The molecule has 3 aromatic rings. The van der Waals surface area contributed by atoms with Gasteiger partial charge in [0.25, 0.3) is 5.97 Å². The van der Waals surface area contributed by atoms with Crippen LogP contribution >= 0.6 is 0 Å². The van der Waals surface area contributed by atoms with Crippen LogP contribution < -0.4 is 19.7 Å². The maximum atomic E-state index is 13.4. The summed E-state index contributed by atoms with van der Waals surface area (Å²) in [5.74, 6) is -0.133. The molecular formula is C24H26F3N3O4. The third-order valence-electron chi connectivity index (χ3n) is 4.90. The highest BCUT2D eigenvalue weighted by molar-refractivity contribution is 5.83. The number of hydrogen-bond acceptors (Lipinski definition) is 6. The lowest BCUT2D eigenvalue weighted by Gasteiger charge is -2.29. The maximum Gasteiger partial charge on any atom is 0.421 e. The second kappa shape index (κ2) is 11.6. The molecule has 34 heavy (non-hydrogen) atoms. The number of ether oxygens (including phenoxy) is 2. The van der Waals surface area contributed by atoms with Crippen LogP contribution in [0, 0.1) is 0 Å². The molecule has 1 saturated heterocycles. The number of halogens is 3. The van der Waals surface area contributed by atoms with E-state index in [2.05, 4.69) is 10.3 Å². The van der Waals surface area contributed by atoms with Gasteiger partial charge in [-0.1, -0.05) is 30.3 Å². The van der Waals surface area contributed by atoms with Crippen LogP contribution in [-0.4, -0.2) is 55.5 Å². The van der Waals surface area contributed by atoms with Crippen LogP contribution in [0.1, 0.15) is 12.5 Å². The fourth-order valence-electron chi connectivity index (χ4n) is 3.38. The van der Waals surface area contributed by atoms with Gasteiger partial charge in [0.15, 0.2) is 0 Å². The van der Waals surface area contributed by atoms with Gasteiger partial charge in [0.2, 0.25) is 5.88 Å². The van der Waals surface area contributed by atoms with Crippen molar-refractivity contribution in [2.24, 2.45) is 0 Å². The Bertz CT molecular complexity index is 1100. The van der Waals surface area contributed by atoms with Gasteiger partial charge in [-0.25, -0.2) is 0 Å². The summed E-state index contributed by atoms with van der Waals surface area (Å²) in [5, 5.41) is 12.7. The van der Waals surface area contributed by atoms with E-state index in [1.807, 2.05) is 47.4 Å². The number of aliphatic carboxylic acids is 1. The molecule has 0 atom stereocenters. The van der Waals surface area contributed by atoms with Crippen molar-refractivity contribution in [1.82, 2.24) is 10.3 Å². The number of benzene rings is 2. The van der Waals surface area contributed by atoms with E-state index in [0.29, 0.717) is 24.7 Å². The first-order chi connectivity index (χ1) is 16.2. The van der Waals surface area contributed by atoms with Gasteiger partial charge in [-0.2, -0.15) is 18.2 Å². The number of alkyl halides is 3. The van der Waals surface area contributed by atoms with Gasteiger partial charge in [-0.3, -0.25) is 4.79 Å². The predicted molar refractivity (Wildman–Crippen MR) is 123 cm³/mol. The fraction of sp³-hybridized carbons (Fsp3) is 0.333. The third kappa shape index (κ3) is 7.24. The number of carbonyl (C=O) groups is 1. The minimum absolute atomic E-state index is 0.0477. The Morgan fingerprint density at radius 3 is 2.35 bits per heavy atom. The Labute approximate surface area is 195 Å². The molecule has 0 spiro atoms. The molecule has 2 heterocycles. The molecule has 182 valence electrons. The zero-order valence-electron chi connectivity index (χ0n) is 18.6. The topological polar surface area (TPSA) is 83.9 Å². The highest BCUT2D eigenvalue weighted by Gasteiger charge is 2.36. The van der Waals surface area contributed by atoms with Gasteiger partial charge in [-0.15, -0.1) is 0 Å². The quantitative estimate of drug-likeness (QED) is 0.515. The number of pyridine rings is 1. The van der Waals surface area contributed by atoms with Gasteiger partial charge in [-0.05, 0) is 35.0 Å². The van der Waals surface area contributed by atoms with E-state index in [4.69, 9.17) is 19.4 Å². The molecular weight excluding hydrogens is 451 g/mol. The van der Waals surface area contributed by atoms with Gasteiger partial charge >= 0.3 is 6.18 Å². The van der Waals surface area contributed by atoms with E-state index in [9.17, 15) is 13.2 Å². The highest BCUT2D eigenvalue weighted by atomic mass is 19.4. The number of nitrogens with one attached hydrogen (secondary N) is 1. The van der Waals surface area contributed by atoms with Crippen molar-refractivity contribution in [1.29, 1.82) is 0 Å². The summed E-state index contributed by atoms with van der Waals surface area (Å²) in [6, 6.07) is 15.9. The Kier molecular flexibility index (Phi) is 8.53. The number of carboxylic acid groups (broad SMARTS) is 1. The number of hydrogen-bond donors (Lipinski definition) is 2. The number of piperazine rings is 1. The van der Waals surface area contributed by atoms with E-state index in [1.165, 1.54) is 6.07 Å². The first kappa shape index (κ1) is 25.1. The molecule has 0 saturated carbocycles. The number of nitrogens with zero attached hydrogens (tertiary/aromatic N) is 2. The van der Waals surface area contributed by atoms with Crippen LogP contribution in [0.4, 0.5) is 19.0 Å². The monoisotopic (exact) mass is 477 g/mol. The van der Waals surface area contributed by atoms with Crippen molar-refractivity contribution in [2.75, 3.05) is 44.3 Å². The summed E-state index contributed by atoms with van der Waals surface area (Å²) in [7, 11) is 0. The average molecular weight is 477 g/mol. The summed E-state index contributed by atoms with van der Waals surface area (Å²) in [6.45, 7) is 4.03. The van der Waals surface area contributed by atoms with Crippen LogP contribution in [0.15, 0.2) is 54.6 Å². The van der Waals surface area contributed by atoms with E-state index in [1.54, 1.807) is 0 Å². The van der Waals surface area contributed by atoms with Gasteiger partial charge in [0, 0.05) is 33.1 Å². The summed E-state index contributed by atoms with van der Waals surface area (Å²) in [6.07, 6.45) is -4.54. The summed E-state index contributed by atoms with van der Waals surface area (Å²) in [4.78, 5) is 15.1. The largest absolute Gasteiger partial charge is 0.490 e. The summed E-state index contributed by atoms with van der Waals surface area (Å²) < 4.78 is 51.2. The van der Waals surface area contributed by atoms with E-state index < -0.39 is 23.6 Å². The molecule has 10 heteroatoms. The molecule has 0 unspecified atom stereocenters. The van der Waals surface area contributed by atoms with E-state index >= 15 is 0 Å². The normalized spacial score (nSPS) is 13.7. The number of aromatic nitrogens is 1. The molecule has 0 amide bonds. The van der Waals surface area contributed by atoms with Crippen molar-refractivity contribution >= 4 is 22.6 Å². The molecule has 7 nitrogen and oxygen atoms in total. The van der Waals surface area contributed by atoms with Crippen molar-refractivity contribution in [2.45, 2.75) is 13.1 Å². The van der Waals surface area contributed by atoms with Crippen LogP contribution in [-0.2, 0) is 11.0 Å². The highest BCUT2D eigenvalue weighted by Crippen LogP contribution is 2.36. The molecule has 1 aromatic heterocycles. The lowest BCUT2D eigenvalue weighted by atomic mass is 10.1. The van der Waals surface area contributed by atoms with Crippen molar-refractivity contribution in [3.8, 4) is 11.6 Å². The second-order valence-corrected chi connectivity index (χ2v) is 7.48. The van der Waals surface area contributed by atoms with Crippen molar-refractivity contribution < 1.29 is 32.5 Å². The molecule has 0 aliphatic carbocycles. The smallest absolute Gasteiger partial charge is 0.421 e. The lowest BCUT2D eigenvalue weighted by Crippen LogP contribution is -2.43. The zero-order valence-corrected chi connectivity index (χ0v) is 18.6. The minimum atomic E-state index is -4.54. The Morgan fingerprint density at radius 1 is 1.03 bits per heavy atom. The number of carboxylic acids is 1. The molecule has 0 bridgehead atoms. The predicted octanol–water partition coefficient (Wildman–Crippen LogP) is 4.21. The standard InChI is InChI=1S/C22H22F3N3O2.C2H4O2/c23-22(24,25)19-7-8-20(28-11-9-26-10-12-28)27-21(19)30-14-13-29-18-6-5-16-3-1-2-4-17(16)15-18;1-2(3)4/h1-8,15,26H,9-14H2;1H3,(H,3,4). The Hall–Kier alpha value is -3.53. The van der Waals surface area contributed by atoms with Gasteiger partial charge in [0.1, 0.15) is 30.3 Å². The summed E-state index contributed by atoms with van der Waals surface area (Å²) in [5.41, 5.74) is -0.882. The van der Waals surface area contributed by atoms with Gasteiger partial charge < -0.3 is 24.8 Å². The zero-order chi connectivity index (χ0) is 24.6. The molecule has 2 aromatic carbocycles. The summed E-state index contributed by atoms with van der Waals surface area (Å²) >= 11 is 0. The molecule has 1 aliphatic rings. The molecule has 1 aliphatic heterocycles. The average Bonchev–Trinajstić information content (AvgIpc) is 2.81. The van der Waals surface area contributed by atoms with E-state index in [0.717, 1.165) is 36.9 Å². The van der Waals surface area contributed by atoms with Crippen LogP contribution in [0.2, 0.25) is 0 Å². The molecule has 1 fully saturated rings. The molecule has 4 rings (SSSR count). The van der Waals surface area contributed by atoms with E-state index in [-0.39, 0.29) is 13.2 Å². The fourth-order valence-corrected chi connectivity index (χ4v) is 3.38. The van der Waals surface area contributed by atoms with Crippen LogP contribution in [0.25, 0.3) is 10.8 Å². The Balaban J connectivity index is 0.000000751. The van der Waals surface area contributed by atoms with Gasteiger partial charge in [0.05, 0.1) is 0 Å². The number of anilines is 1. The maximum absolute atomic E-state index is 13.4. The number of fused-ring (bicyclic) bond motifs is 1. The first-order valence-corrected chi connectivity index (χ1v) is 10.7.